The van der Waals surface area contributed by atoms with Crippen LogP contribution in [0.5, 0.6) is 5.75 Å². The van der Waals surface area contributed by atoms with Crippen molar-refractivity contribution >= 4 is 27.3 Å². The Kier molecular flexibility index (Phi) is 5.12. The maximum atomic E-state index is 13.4. The summed E-state index contributed by atoms with van der Waals surface area (Å²) in [5.41, 5.74) is 5.33. The van der Waals surface area contributed by atoms with Crippen LogP contribution in [-0.4, -0.2) is 10.9 Å². The minimum atomic E-state index is -0.196. The number of phenolic OH excluding ortho intramolecular Hbond substituents is 1. The van der Waals surface area contributed by atoms with E-state index in [-0.39, 0.29) is 11.5 Å². The van der Waals surface area contributed by atoms with Crippen molar-refractivity contribution in [3.05, 3.63) is 139 Å². The molecule has 6 rings (SSSR count). The van der Waals surface area contributed by atoms with Crippen LogP contribution in [0, 0.1) is 0 Å². The summed E-state index contributed by atoms with van der Waals surface area (Å²) in [5.74, 6) is -0.206. The Morgan fingerprint density at radius 3 is 1.57 bits per heavy atom. The molecule has 6 aromatic carbocycles. The highest BCUT2D eigenvalue weighted by atomic mass is 16.3. The number of ketones is 1. The molecular weight excluding hydrogens is 428 g/mol. The third kappa shape index (κ3) is 3.56. The number of carbonyl (C=O) groups is 1. The number of carbonyl (C=O) groups excluding carboxylic acids is 1. The van der Waals surface area contributed by atoms with Crippen LogP contribution in [0.25, 0.3) is 43.8 Å². The molecule has 0 amide bonds. The van der Waals surface area contributed by atoms with E-state index in [1.54, 1.807) is 24.3 Å². The maximum absolute atomic E-state index is 13.4. The lowest BCUT2D eigenvalue weighted by Gasteiger charge is -2.18. The molecule has 0 aliphatic heterocycles. The van der Waals surface area contributed by atoms with Crippen LogP contribution in [0.1, 0.15) is 15.9 Å². The molecule has 35 heavy (non-hydrogen) atoms. The van der Waals surface area contributed by atoms with Crippen molar-refractivity contribution < 1.29 is 9.90 Å². The van der Waals surface area contributed by atoms with Gasteiger partial charge in [-0.3, -0.25) is 4.79 Å². The van der Waals surface area contributed by atoms with Crippen LogP contribution in [0.15, 0.2) is 127 Å². The molecule has 6 aromatic rings. The van der Waals surface area contributed by atoms with Crippen LogP contribution in [0.2, 0.25) is 0 Å². The summed E-state index contributed by atoms with van der Waals surface area (Å²) < 4.78 is 0. The predicted octanol–water partition coefficient (Wildman–Crippen LogP) is 8.26. The highest BCUT2D eigenvalue weighted by Crippen LogP contribution is 2.44. The molecular formula is C33H22O2. The lowest BCUT2D eigenvalue weighted by atomic mass is 9.85. The summed E-state index contributed by atoms with van der Waals surface area (Å²) in [6.07, 6.45) is 0. The van der Waals surface area contributed by atoms with E-state index in [0.29, 0.717) is 11.1 Å². The van der Waals surface area contributed by atoms with E-state index in [9.17, 15) is 9.90 Å². The zero-order valence-electron chi connectivity index (χ0n) is 19.0. The first-order valence-corrected chi connectivity index (χ1v) is 11.6. The molecule has 1 N–H and O–H groups in total. The molecule has 0 unspecified atom stereocenters. The Morgan fingerprint density at radius 2 is 0.971 bits per heavy atom. The van der Waals surface area contributed by atoms with Gasteiger partial charge in [0.2, 0.25) is 0 Å². The fourth-order valence-corrected chi connectivity index (χ4v) is 4.97. The maximum Gasteiger partial charge on any atom is 0.196 e. The normalized spacial score (nSPS) is 11.1. The minimum absolute atomic E-state index is 0.00985. The molecule has 0 aliphatic rings. The van der Waals surface area contributed by atoms with E-state index in [1.165, 1.54) is 5.39 Å². The van der Waals surface area contributed by atoms with Crippen molar-refractivity contribution in [3.8, 4) is 28.0 Å². The Balaban J connectivity index is 1.73. The molecule has 2 heteroatoms. The second-order valence-corrected chi connectivity index (χ2v) is 8.63. The number of fused-ring (bicyclic) bond motifs is 2. The number of phenols is 1. The molecule has 0 aliphatic carbocycles. The lowest BCUT2D eigenvalue weighted by Crippen LogP contribution is -2.02. The second-order valence-electron chi connectivity index (χ2n) is 8.63. The molecule has 0 aromatic heterocycles. The van der Waals surface area contributed by atoms with Crippen LogP contribution < -0.4 is 0 Å². The van der Waals surface area contributed by atoms with Gasteiger partial charge in [-0.15, -0.1) is 0 Å². The van der Waals surface area contributed by atoms with E-state index in [0.717, 1.165) is 38.4 Å². The number of hydrogen-bond donors (Lipinski definition) is 1. The molecule has 0 bridgehead atoms. The van der Waals surface area contributed by atoms with Crippen molar-refractivity contribution in [2.45, 2.75) is 0 Å². The largest absolute Gasteiger partial charge is 0.507 e. The molecule has 0 radical (unpaired) electrons. The average molecular weight is 451 g/mol. The second kappa shape index (κ2) is 8.58. The number of benzene rings is 6. The van der Waals surface area contributed by atoms with Gasteiger partial charge < -0.3 is 5.11 Å². The summed E-state index contributed by atoms with van der Waals surface area (Å²) in [7, 11) is 0. The van der Waals surface area contributed by atoms with Crippen LogP contribution in [-0.2, 0) is 0 Å². The van der Waals surface area contributed by atoms with E-state index >= 15 is 0 Å². The number of para-hydroxylation sites is 1. The van der Waals surface area contributed by atoms with Gasteiger partial charge in [-0.05, 0) is 62.0 Å². The summed E-state index contributed by atoms with van der Waals surface area (Å²) in [6, 6.07) is 41.8. The van der Waals surface area contributed by atoms with Crippen molar-refractivity contribution in [2.24, 2.45) is 0 Å². The molecule has 0 saturated heterocycles. The van der Waals surface area contributed by atoms with E-state index in [4.69, 9.17) is 0 Å². The lowest BCUT2D eigenvalue weighted by molar-refractivity contribution is 0.103. The summed E-state index contributed by atoms with van der Waals surface area (Å²) in [6.45, 7) is 0. The van der Waals surface area contributed by atoms with Gasteiger partial charge >= 0.3 is 0 Å². The summed E-state index contributed by atoms with van der Waals surface area (Å²) in [4.78, 5) is 13.4. The quantitative estimate of drug-likeness (QED) is 0.217. The van der Waals surface area contributed by atoms with Crippen LogP contribution >= 0.6 is 0 Å². The molecule has 0 saturated carbocycles. The number of aromatic hydroxyl groups is 1. The molecule has 0 fully saturated rings. The zero-order valence-corrected chi connectivity index (χ0v) is 19.0. The van der Waals surface area contributed by atoms with Crippen molar-refractivity contribution in [1.82, 2.24) is 0 Å². The fraction of sp³-hybridized carbons (Fsp3) is 0. The van der Waals surface area contributed by atoms with Gasteiger partial charge in [0.25, 0.3) is 0 Å². The number of rotatable bonds is 4. The van der Waals surface area contributed by atoms with Gasteiger partial charge in [0.1, 0.15) is 5.75 Å². The summed E-state index contributed by atoms with van der Waals surface area (Å²) >= 11 is 0. The Labute approximate surface area is 203 Å². The van der Waals surface area contributed by atoms with Gasteiger partial charge in [-0.25, -0.2) is 0 Å². The average Bonchev–Trinajstić information content (AvgIpc) is 2.92. The molecule has 0 spiro atoms. The van der Waals surface area contributed by atoms with E-state index in [2.05, 4.69) is 60.7 Å². The monoisotopic (exact) mass is 450 g/mol. The van der Waals surface area contributed by atoms with E-state index in [1.807, 2.05) is 42.5 Å². The fourth-order valence-electron chi connectivity index (χ4n) is 4.97. The molecule has 2 nitrogen and oxygen atoms in total. The highest BCUT2D eigenvalue weighted by Gasteiger charge is 2.19. The Morgan fingerprint density at radius 1 is 0.486 bits per heavy atom. The van der Waals surface area contributed by atoms with Crippen molar-refractivity contribution in [1.29, 1.82) is 0 Å². The van der Waals surface area contributed by atoms with Gasteiger partial charge in [-0.2, -0.15) is 0 Å². The first-order chi connectivity index (χ1) is 17.2. The first kappa shape index (κ1) is 20.9. The SMILES string of the molecule is O=C(c1ccc2c(-c3ccccc3)c3ccccc3c(-c3ccccc3)c2c1)c1ccccc1O. The Hall–Kier alpha value is -4.69. The molecule has 166 valence electrons. The van der Waals surface area contributed by atoms with Gasteiger partial charge in [-0.1, -0.05) is 109 Å². The van der Waals surface area contributed by atoms with Crippen LogP contribution in [0.3, 0.4) is 0 Å². The third-order valence-corrected chi connectivity index (χ3v) is 6.56. The predicted molar refractivity (Wildman–Crippen MR) is 144 cm³/mol. The van der Waals surface area contributed by atoms with Gasteiger partial charge in [0.05, 0.1) is 5.56 Å². The van der Waals surface area contributed by atoms with Crippen molar-refractivity contribution in [2.75, 3.05) is 0 Å². The Bertz CT molecular complexity index is 1700. The minimum Gasteiger partial charge on any atom is -0.507 e. The van der Waals surface area contributed by atoms with Gasteiger partial charge in [0.15, 0.2) is 5.78 Å². The zero-order chi connectivity index (χ0) is 23.8. The number of hydrogen-bond acceptors (Lipinski definition) is 2. The van der Waals surface area contributed by atoms with Crippen molar-refractivity contribution in [3.63, 3.8) is 0 Å². The standard InChI is InChI=1S/C33H22O2/c34-30-18-10-9-17-28(30)33(35)24-19-20-27-29(21-24)32(23-13-5-2-6-14-23)26-16-8-7-15-25(26)31(27)22-11-3-1-4-12-22/h1-21,34H. The summed E-state index contributed by atoms with van der Waals surface area (Å²) in [5, 5.41) is 14.7. The highest BCUT2D eigenvalue weighted by molar-refractivity contribution is 6.23. The van der Waals surface area contributed by atoms with Gasteiger partial charge in [0, 0.05) is 5.56 Å². The van der Waals surface area contributed by atoms with Crippen LogP contribution in [0.4, 0.5) is 0 Å². The third-order valence-electron chi connectivity index (χ3n) is 6.56. The topological polar surface area (TPSA) is 37.3 Å². The first-order valence-electron chi connectivity index (χ1n) is 11.6. The smallest absolute Gasteiger partial charge is 0.196 e. The molecule has 0 atom stereocenters. The van der Waals surface area contributed by atoms with E-state index < -0.39 is 0 Å². The molecule has 0 heterocycles.